The van der Waals surface area contributed by atoms with Crippen LogP contribution >= 0.6 is 0 Å². The molecule has 0 aromatic heterocycles. The Morgan fingerprint density at radius 2 is 0.923 bits per heavy atom. The SMILES string of the molecule is CCCCCC(=O)c1ccc2c(c1)C1(c3ccccc3-2)c2ccccc2-c2ccc(C(=O)CCCCC)cc21. The van der Waals surface area contributed by atoms with E-state index in [2.05, 4.69) is 86.6 Å². The number of hydrogen-bond acceptors (Lipinski definition) is 2. The second-order valence-corrected chi connectivity index (χ2v) is 11.1. The van der Waals surface area contributed by atoms with E-state index < -0.39 is 5.41 Å². The van der Waals surface area contributed by atoms with Crippen LogP contribution in [0.3, 0.4) is 0 Å². The Balaban J connectivity index is 1.57. The van der Waals surface area contributed by atoms with Gasteiger partial charge in [-0.25, -0.2) is 0 Å². The Kier molecular flexibility index (Phi) is 6.81. The average molecular weight is 513 g/mol. The van der Waals surface area contributed by atoms with Gasteiger partial charge in [-0.15, -0.1) is 0 Å². The normalized spacial score (nSPS) is 13.6. The third-order valence-electron chi connectivity index (χ3n) is 8.75. The number of carbonyl (C=O) groups excluding carboxylic acids is 2. The highest BCUT2D eigenvalue weighted by Crippen LogP contribution is 2.62. The lowest BCUT2D eigenvalue weighted by molar-refractivity contribution is 0.0971. The van der Waals surface area contributed by atoms with Gasteiger partial charge in [0, 0.05) is 24.0 Å². The fourth-order valence-electron chi connectivity index (χ4n) is 6.85. The van der Waals surface area contributed by atoms with E-state index in [1.54, 1.807) is 0 Å². The highest BCUT2D eigenvalue weighted by molar-refractivity contribution is 6.02. The molecular weight excluding hydrogens is 476 g/mol. The number of unbranched alkanes of at least 4 members (excludes halogenated alkanes) is 4. The summed E-state index contributed by atoms with van der Waals surface area (Å²) in [5.41, 5.74) is 10.6. The number of benzene rings is 4. The van der Waals surface area contributed by atoms with E-state index in [1.807, 2.05) is 12.1 Å². The largest absolute Gasteiger partial charge is 0.294 e. The first kappa shape index (κ1) is 25.5. The van der Waals surface area contributed by atoms with Gasteiger partial charge >= 0.3 is 0 Å². The Bertz CT molecular complexity index is 1460. The summed E-state index contributed by atoms with van der Waals surface area (Å²) in [6.45, 7) is 4.33. The average Bonchev–Trinajstić information content (AvgIpc) is 3.44. The first-order valence-electron chi connectivity index (χ1n) is 14.7. The van der Waals surface area contributed by atoms with Gasteiger partial charge in [-0.05, 0) is 69.5 Å². The molecule has 0 heterocycles. The van der Waals surface area contributed by atoms with Crippen molar-refractivity contribution in [3.63, 3.8) is 0 Å². The minimum atomic E-state index is -0.544. The van der Waals surface area contributed by atoms with Crippen LogP contribution in [-0.2, 0) is 5.41 Å². The molecular formula is C37H36O2. The molecule has 2 aliphatic carbocycles. The molecule has 0 atom stereocenters. The topological polar surface area (TPSA) is 34.1 Å². The Morgan fingerprint density at radius 1 is 0.513 bits per heavy atom. The van der Waals surface area contributed by atoms with Gasteiger partial charge in [0.1, 0.15) is 0 Å². The highest BCUT2D eigenvalue weighted by Gasteiger charge is 2.51. The van der Waals surface area contributed by atoms with E-state index in [0.717, 1.165) is 60.8 Å². The van der Waals surface area contributed by atoms with Gasteiger partial charge in [0.05, 0.1) is 5.41 Å². The summed E-state index contributed by atoms with van der Waals surface area (Å²) >= 11 is 0. The molecule has 0 radical (unpaired) electrons. The van der Waals surface area contributed by atoms with Crippen molar-refractivity contribution in [1.29, 1.82) is 0 Å². The molecule has 0 bridgehead atoms. The van der Waals surface area contributed by atoms with E-state index in [4.69, 9.17) is 0 Å². The molecule has 1 spiro atoms. The summed E-state index contributed by atoms with van der Waals surface area (Å²) in [5, 5.41) is 0. The van der Waals surface area contributed by atoms with Gasteiger partial charge in [-0.1, -0.05) is 112 Å². The van der Waals surface area contributed by atoms with Crippen molar-refractivity contribution in [3.8, 4) is 22.3 Å². The van der Waals surface area contributed by atoms with Gasteiger partial charge in [-0.2, -0.15) is 0 Å². The van der Waals surface area contributed by atoms with Gasteiger partial charge < -0.3 is 0 Å². The fraction of sp³-hybridized carbons (Fsp3) is 0.297. The second-order valence-electron chi connectivity index (χ2n) is 11.1. The number of Topliss-reactive ketones (excluding diaryl/α,β-unsaturated/α-hetero) is 2. The zero-order valence-corrected chi connectivity index (χ0v) is 23.1. The standard InChI is InChI=1S/C37H36O2/c1-3-5-7-17-35(38)25-19-21-29-27-13-9-11-15-31(27)37(33(29)23-25)32-16-12-10-14-28(32)30-22-20-26(24-34(30)37)36(39)18-8-6-4-2/h9-16,19-24H,3-8,17-18H2,1-2H3. The van der Waals surface area contributed by atoms with Crippen LogP contribution in [0, 0.1) is 0 Å². The van der Waals surface area contributed by atoms with Crippen molar-refractivity contribution in [3.05, 3.63) is 118 Å². The van der Waals surface area contributed by atoms with E-state index in [0.29, 0.717) is 12.8 Å². The molecule has 4 aromatic rings. The minimum Gasteiger partial charge on any atom is -0.294 e. The molecule has 0 unspecified atom stereocenters. The highest BCUT2D eigenvalue weighted by atomic mass is 16.1. The van der Waals surface area contributed by atoms with Crippen LogP contribution < -0.4 is 0 Å². The number of ketones is 2. The lowest BCUT2D eigenvalue weighted by atomic mass is 9.70. The third kappa shape index (κ3) is 4.00. The first-order chi connectivity index (χ1) is 19.1. The van der Waals surface area contributed by atoms with Crippen LogP contribution in [0.1, 0.15) is 108 Å². The van der Waals surface area contributed by atoms with Crippen molar-refractivity contribution in [2.45, 2.75) is 70.6 Å². The zero-order valence-electron chi connectivity index (χ0n) is 23.1. The fourth-order valence-corrected chi connectivity index (χ4v) is 6.85. The van der Waals surface area contributed by atoms with Crippen LogP contribution in [0.2, 0.25) is 0 Å². The van der Waals surface area contributed by atoms with E-state index >= 15 is 0 Å². The molecule has 196 valence electrons. The molecule has 0 amide bonds. The van der Waals surface area contributed by atoms with Crippen LogP contribution in [-0.4, -0.2) is 11.6 Å². The lowest BCUT2D eigenvalue weighted by Crippen LogP contribution is -2.26. The van der Waals surface area contributed by atoms with Crippen LogP contribution in [0.25, 0.3) is 22.3 Å². The number of rotatable bonds is 10. The van der Waals surface area contributed by atoms with E-state index in [1.165, 1.54) is 33.4 Å². The molecule has 0 saturated heterocycles. The maximum absolute atomic E-state index is 13.3. The van der Waals surface area contributed by atoms with Gasteiger partial charge in [0.25, 0.3) is 0 Å². The van der Waals surface area contributed by atoms with E-state index in [-0.39, 0.29) is 11.6 Å². The smallest absolute Gasteiger partial charge is 0.162 e. The van der Waals surface area contributed by atoms with Crippen LogP contribution in [0.5, 0.6) is 0 Å². The third-order valence-corrected chi connectivity index (χ3v) is 8.75. The van der Waals surface area contributed by atoms with Crippen molar-refractivity contribution in [1.82, 2.24) is 0 Å². The summed E-state index contributed by atoms with van der Waals surface area (Å²) in [7, 11) is 0. The van der Waals surface area contributed by atoms with E-state index in [9.17, 15) is 9.59 Å². The molecule has 0 aliphatic heterocycles. The van der Waals surface area contributed by atoms with Crippen molar-refractivity contribution in [2.24, 2.45) is 0 Å². The minimum absolute atomic E-state index is 0.212. The molecule has 2 heteroatoms. The first-order valence-corrected chi connectivity index (χ1v) is 14.7. The second kappa shape index (κ2) is 10.4. The summed E-state index contributed by atoms with van der Waals surface area (Å²) in [5.74, 6) is 0.424. The number of hydrogen-bond donors (Lipinski definition) is 0. The number of fused-ring (bicyclic) bond motifs is 10. The molecule has 0 fully saturated rings. The molecule has 39 heavy (non-hydrogen) atoms. The summed E-state index contributed by atoms with van der Waals surface area (Å²) in [4.78, 5) is 26.6. The number of carbonyl (C=O) groups is 2. The lowest BCUT2D eigenvalue weighted by Gasteiger charge is -2.31. The summed E-state index contributed by atoms with van der Waals surface area (Å²) in [6, 6.07) is 29.9. The maximum Gasteiger partial charge on any atom is 0.162 e. The Labute approximate surface area is 232 Å². The van der Waals surface area contributed by atoms with Gasteiger partial charge in [-0.3, -0.25) is 9.59 Å². The van der Waals surface area contributed by atoms with Gasteiger partial charge in [0.2, 0.25) is 0 Å². The molecule has 0 N–H and O–H groups in total. The van der Waals surface area contributed by atoms with Crippen molar-refractivity contribution < 1.29 is 9.59 Å². The monoisotopic (exact) mass is 512 g/mol. The predicted molar refractivity (Wildman–Crippen MR) is 160 cm³/mol. The summed E-state index contributed by atoms with van der Waals surface area (Å²) < 4.78 is 0. The zero-order chi connectivity index (χ0) is 27.0. The predicted octanol–water partition coefficient (Wildman–Crippen LogP) is 9.56. The Morgan fingerprint density at radius 3 is 1.36 bits per heavy atom. The quantitative estimate of drug-likeness (QED) is 0.135. The molecule has 2 nitrogen and oxygen atoms in total. The summed E-state index contributed by atoms with van der Waals surface area (Å²) in [6.07, 6.45) is 7.35. The Hall–Kier alpha value is -3.78. The van der Waals surface area contributed by atoms with Crippen molar-refractivity contribution in [2.75, 3.05) is 0 Å². The van der Waals surface area contributed by atoms with Crippen molar-refractivity contribution >= 4 is 11.6 Å². The molecule has 4 aromatic carbocycles. The van der Waals surface area contributed by atoms with Gasteiger partial charge in [0.15, 0.2) is 11.6 Å². The maximum atomic E-state index is 13.3. The van der Waals surface area contributed by atoms with Crippen LogP contribution in [0.4, 0.5) is 0 Å². The van der Waals surface area contributed by atoms with Crippen LogP contribution in [0.15, 0.2) is 84.9 Å². The molecule has 0 saturated carbocycles. The molecule has 6 rings (SSSR count). The molecule has 2 aliphatic rings.